The van der Waals surface area contributed by atoms with Gasteiger partial charge in [-0.3, -0.25) is 10.2 Å². The van der Waals surface area contributed by atoms with Crippen LogP contribution < -0.4 is 11.3 Å². The van der Waals surface area contributed by atoms with Crippen molar-refractivity contribution in [2.45, 2.75) is 13.1 Å². The van der Waals surface area contributed by atoms with Crippen LogP contribution in [0.4, 0.5) is 0 Å². The molecule has 0 aliphatic carbocycles. The Kier molecular flexibility index (Phi) is 3.59. The Balaban J connectivity index is 1.78. The normalized spacial score (nSPS) is 11.0. The number of amides is 1. The lowest BCUT2D eigenvalue weighted by Crippen LogP contribution is -2.30. The first-order chi connectivity index (χ1) is 10.2. The van der Waals surface area contributed by atoms with Gasteiger partial charge in [-0.2, -0.15) is 0 Å². The van der Waals surface area contributed by atoms with E-state index in [1.807, 2.05) is 40.5 Å². The second kappa shape index (κ2) is 5.55. The number of nitrogens with two attached hydrogens (primary N) is 1. The monoisotopic (exact) mass is 304 g/mol. The summed E-state index contributed by atoms with van der Waals surface area (Å²) in [6.07, 6.45) is 3.52. The lowest BCUT2D eigenvalue weighted by Gasteiger charge is -2.06. The first-order valence-corrected chi connectivity index (χ1v) is 6.71. The van der Waals surface area contributed by atoms with Crippen molar-refractivity contribution >= 4 is 28.4 Å². The summed E-state index contributed by atoms with van der Waals surface area (Å²) in [5, 5.41) is 9.44. The second-order valence-electron chi connectivity index (χ2n) is 4.53. The quantitative estimate of drug-likeness (QED) is 0.430. The lowest BCUT2D eigenvalue weighted by molar-refractivity contribution is 0.0948. The summed E-state index contributed by atoms with van der Waals surface area (Å²) in [7, 11) is 0. The van der Waals surface area contributed by atoms with E-state index in [1.165, 1.54) is 0 Å². The largest absolute Gasteiger partial charge is 0.344 e. The molecule has 2 heterocycles. The molecule has 8 heteroatoms. The van der Waals surface area contributed by atoms with Crippen molar-refractivity contribution < 1.29 is 4.79 Å². The molecule has 3 rings (SSSR count). The zero-order valence-corrected chi connectivity index (χ0v) is 11.8. The van der Waals surface area contributed by atoms with Crippen molar-refractivity contribution in [3.05, 3.63) is 47.4 Å². The number of fused-ring (bicyclic) bond motifs is 1. The number of halogens is 1. The van der Waals surface area contributed by atoms with E-state index in [-0.39, 0.29) is 5.69 Å². The highest BCUT2D eigenvalue weighted by Crippen LogP contribution is 2.24. The molecule has 0 aliphatic heterocycles. The number of para-hydroxylation sites is 1. The molecule has 1 amide bonds. The fourth-order valence-corrected chi connectivity index (χ4v) is 2.49. The summed E-state index contributed by atoms with van der Waals surface area (Å²) >= 11 is 6.23. The number of carbonyl (C=O) groups is 1. The second-order valence-corrected chi connectivity index (χ2v) is 4.93. The van der Waals surface area contributed by atoms with Gasteiger partial charge in [-0.15, -0.1) is 5.10 Å². The number of aryl methyl sites for hydroxylation is 2. The maximum atomic E-state index is 11.3. The van der Waals surface area contributed by atoms with Gasteiger partial charge < -0.3 is 4.57 Å². The fourth-order valence-electron chi connectivity index (χ4n) is 2.20. The van der Waals surface area contributed by atoms with Crippen molar-refractivity contribution in [1.29, 1.82) is 0 Å². The van der Waals surface area contributed by atoms with Gasteiger partial charge in [-0.1, -0.05) is 28.9 Å². The van der Waals surface area contributed by atoms with Gasteiger partial charge in [-0.05, 0) is 12.1 Å². The number of rotatable bonds is 4. The smallest absolute Gasteiger partial charge is 0.287 e. The fraction of sp³-hybridized carbons (Fsp3) is 0.154. The predicted octanol–water partition coefficient (Wildman–Crippen LogP) is 1.19. The minimum absolute atomic E-state index is 0.188. The van der Waals surface area contributed by atoms with Gasteiger partial charge in [0, 0.05) is 18.1 Å². The van der Waals surface area contributed by atoms with Crippen LogP contribution in [-0.2, 0) is 13.1 Å². The third-order valence-corrected chi connectivity index (χ3v) is 3.52. The van der Waals surface area contributed by atoms with E-state index in [1.54, 1.807) is 10.9 Å². The molecular formula is C13H13ClN6O. The summed E-state index contributed by atoms with van der Waals surface area (Å²) in [5.41, 5.74) is 3.19. The van der Waals surface area contributed by atoms with Crippen LogP contribution in [0.2, 0.25) is 5.02 Å². The predicted molar refractivity (Wildman–Crippen MR) is 78.6 cm³/mol. The summed E-state index contributed by atoms with van der Waals surface area (Å²) in [6, 6.07) is 7.80. The molecule has 108 valence electrons. The van der Waals surface area contributed by atoms with Gasteiger partial charge in [0.05, 0.1) is 23.3 Å². The molecule has 0 saturated carbocycles. The van der Waals surface area contributed by atoms with Crippen LogP contribution in [-0.4, -0.2) is 25.5 Å². The third kappa shape index (κ3) is 2.61. The Morgan fingerprint density at radius 1 is 1.33 bits per heavy atom. The van der Waals surface area contributed by atoms with Crippen LogP contribution >= 0.6 is 11.6 Å². The highest BCUT2D eigenvalue weighted by atomic mass is 35.5. The standard InChI is InChI=1S/C13H13ClN6O/c14-10-3-1-2-9-4-5-19(12(9)10)6-7-20-8-11(17-18-20)13(21)16-15/h1-5,8H,6-7,15H2,(H,16,21). The molecule has 0 saturated heterocycles. The van der Waals surface area contributed by atoms with E-state index >= 15 is 0 Å². The number of hydrogen-bond donors (Lipinski definition) is 2. The van der Waals surface area contributed by atoms with Crippen LogP contribution in [0.5, 0.6) is 0 Å². The number of aromatic nitrogens is 4. The topological polar surface area (TPSA) is 90.8 Å². The highest BCUT2D eigenvalue weighted by molar-refractivity contribution is 6.35. The third-order valence-electron chi connectivity index (χ3n) is 3.21. The Hall–Kier alpha value is -2.38. The SMILES string of the molecule is NNC(=O)c1cn(CCn2ccc3cccc(Cl)c32)nn1. The Morgan fingerprint density at radius 3 is 3.00 bits per heavy atom. The number of benzene rings is 1. The van der Waals surface area contributed by atoms with Gasteiger partial charge in [0.1, 0.15) is 0 Å². The van der Waals surface area contributed by atoms with Crippen LogP contribution in [0, 0.1) is 0 Å². The molecule has 0 bridgehead atoms. The maximum absolute atomic E-state index is 11.3. The summed E-state index contributed by atoms with van der Waals surface area (Å²) in [5.74, 6) is 4.59. The van der Waals surface area contributed by atoms with Gasteiger partial charge in [0.15, 0.2) is 5.69 Å². The van der Waals surface area contributed by atoms with Crippen molar-refractivity contribution in [3.8, 4) is 0 Å². The molecule has 0 fully saturated rings. The molecule has 0 spiro atoms. The minimum Gasteiger partial charge on any atom is -0.344 e. The summed E-state index contributed by atoms with van der Waals surface area (Å²) < 4.78 is 3.63. The zero-order valence-electron chi connectivity index (χ0n) is 11.0. The van der Waals surface area contributed by atoms with Gasteiger partial charge in [-0.25, -0.2) is 10.5 Å². The molecule has 3 N–H and O–H groups in total. The molecule has 7 nitrogen and oxygen atoms in total. The number of nitrogens with zero attached hydrogens (tertiary/aromatic N) is 4. The minimum atomic E-state index is -0.462. The van der Waals surface area contributed by atoms with Crippen molar-refractivity contribution in [2.75, 3.05) is 0 Å². The molecule has 0 unspecified atom stereocenters. The molecule has 0 atom stereocenters. The maximum Gasteiger partial charge on any atom is 0.287 e. The van der Waals surface area contributed by atoms with Crippen LogP contribution in [0.25, 0.3) is 10.9 Å². The van der Waals surface area contributed by atoms with E-state index in [4.69, 9.17) is 17.4 Å². The summed E-state index contributed by atoms with van der Waals surface area (Å²) in [4.78, 5) is 11.3. The van der Waals surface area contributed by atoms with Crippen molar-refractivity contribution in [2.24, 2.45) is 5.84 Å². The van der Waals surface area contributed by atoms with E-state index < -0.39 is 5.91 Å². The van der Waals surface area contributed by atoms with Gasteiger partial charge in [0.2, 0.25) is 0 Å². The molecule has 0 radical (unpaired) electrons. The Labute approximate surface area is 125 Å². The lowest BCUT2D eigenvalue weighted by atomic mass is 10.2. The van der Waals surface area contributed by atoms with Crippen LogP contribution in [0.15, 0.2) is 36.7 Å². The highest BCUT2D eigenvalue weighted by Gasteiger charge is 2.09. The Bertz CT molecular complexity index is 793. The first kappa shape index (κ1) is 13.6. The number of hydrogen-bond acceptors (Lipinski definition) is 4. The van der Waals surface area contributed by atoms with Crippen LogP contribution in [0.1, 0.15) is 10.5 Å². The molecule has 3 aromatic rings. The zero-order chi connectivity index (χ0) is 14.8. The molecule has 21 heavy (non-hydrogen) atoms. The average molecular weight is 305 g/mol. The average Bonchev–Trinajstić information content (AvgIpc) is 3.11. The number of nitrogen functional groups attached to an aromatic ring is 1. The molecule has 1 aromatic carbocycles. The number of hydrazine groups is 1. The number of carbonyl (C=O) groups excluding carboxylic acids is 1. The first-order valence-electron chi connectivity index (χ1n) is 6.33. The van der Waals surface area contributed by atoms with Crippen molar-refractivity contribution in [3.63, 3.8) is 0 Å². The Morgan fingerprint density at radius 2 is 2.19 bits per heavy atom. The molecule has 2 aromatic heterocycles. The van der Waals surface area contributed by atoms with E-state index in [0.29, 0.717) is 18.1 Å². The molecule has 0 aliphatic rings. The van der Waals surface area contributed by atoms with Crippen molar-refractivity contribution in [1.82, 2.24) is 25.0 Å². The van der Waals surface area contributed by atoms with Crippen LogP contribution in [0.3, 0.4) is 0 Å². The van der Waals surface area contributed by atoms with E-state index in [0.717, 1.165) is 10.9 Å². The summed E-state index contributed by atoms with van der Waals surface area (Å²) in [6.45, 7) is 1.24. The van der Waals surface area contributed by atoms with E-state index in [2.05, 4.69) is 10.3 Å². The number of nitrogens with one attached hydrogen (secondary N) is 1. The van der Waals surface area contributed by atoms with Gasteiger partial charge in [0.25, 0.3) is 5.91 Å². The van der Waals surface area contributed by atoms with Gasteiger partial charge >= 0.3 is 0 Å². The van der Waals surface area contributed by atoms with E-state index in [9.17, 15) is 4.79 Å². The molecular weight excluding hydrogens is 292 g/mol.